The third-order valence-corrected chi connectivity index (χ3v) is 1.57. The number of ether oxygens (including phenoxy) is 2. The van der Waals surface area contributed by atoms with Crippen molar-refractivity contribution in [2.45, 2.75) is 12.8 Å². The van der Waals surface area contributed by atoms with Gasteiger partial charge in [-0.2, -0.15) is 0 Å². The molecule has 0 bridgehead atoms. The van der Waals surface area contributed by atoms with Crippen LogP contribution < -0.4 is 5.73 Å². The van der Waals surface area contributed by atoms with Crippen molar-refractivity contribution in [2.24, 2.45) is 5.73 Å². The maximum absolute atomic E-state index is 10.1. The summed E-state index contributed by atoms with van der Waals surface area (Å²) in [5.74, 6) is 0. The summed E-state index contributed by atoms with van der Waals surface area (Å²) >= 11 is 0. The summed E-state index contributed by atoms with van der Waals surface area (Å²) in [5.41, 5.74) is 5.35. The highest BCUT2D eigenvalue weighted by Crippen LogP contribution is 1.90. The second kappa shape index (κ2) is 25.1. The Bertz CT molecular complexity index is 143. The molecule has 0 rings (SSSR count). The van der Waals surface area contributed by atoms with E-state index < -0.39 is 0 Å². The van der Waals surface area contributed by atoms with Crippen molar-refractivity contribution in [1.82, 2.24) is 4.90 Å². The highest BCUT2D eigenvalue weighted by Gasteiger charge is 2.01. The van der Waals surface area contributed by atoms with Crippen LogP contribution in [0.2, 0.25) is 0 Å². The molecule has 0 amide bonds. The van der Waals surface area contributed by atoms with Gasteiger partial charge in [0, 0.05) is 67.5 Å². The lowest BCUT2D eigenvalue weighted by molar-refractivity contribution is -0.108. The number of carbonyl (C=O) groups is 2. The number of hydrogen-bond donors (Lipinski definition) is 1. The standard InChI is InChI=1S/C8H16N2O2.2C2H6O/c9-3-6-10(4-1-7-11)5-2-8-12;2*1-3-2/h7-8H,1-6,9H2;2*1-2H3. The molecule has 2 N–H and O–H groups in total. The third-order valence-electron chi connectivity index (χ3n) is 1.57. The van der Waals surface area contributed by atoms with E-state index in [0.717, 1.165) is 19.1 Å². The molecule has 0 aliphatic heterocycles. The molecule has 6 nitrogen and oxygen atoms in total. The van der Waals surface area contributed by atoms with E-state index in [2.05, 4.69) is 9.47 Å². The van der Waals surface area contributed by atoms with Crippen molar-refractivity contribution in [1.29, 1.82) is 0 Å². The summed E-state index contributed by atoms with van der Waals surface area (Å²) in [6.07, 6.45) is 2.78. The number of aldehydes is 2. The largest absolute Gasteiger partial charge is 0.388 e. The molecule has 0 heterocycles. The second-order valence-electron chi connectivity index (χ2n) is 3.36. The fraction of sp³-hybridized carbons (Fsp3) is 0.833. The normalized spacial score (nSPS) is 8.78. The number of rotatable bonds is 8. The van der Waals surface area contributed by atoms with E-state index in [1.165, 1.54) is 0 Å². The van der Waals surface area contributed by atoms with E-state index in [1.54, 1.807) is 28.4 Å². The Morgan fingerprint density at radius 2 is 1.22 bits per heavy atom. The smallest absolute Gasteiger partial charge is 0.121 e. The van der Waals surface area contributed by atoms with Crippen LogP contribution in [-0.4, -0.2) is 72.1 Å². The van der Waals surface area contributed by atoms with Crippen LogP contribution in [0, 0.1) is 0 Å². The van der Waals surface area contributed by atoms with Gasteiger partial charge in [-0.05, 0) is 0 Å². The Labute approximate surface area is 110 Å². The topological polar surface area (TPSA) is 81.9 Å². The van der Waals surface area contributed by atoms with E-state index in [0.29, 0.717) is 32.5 Å². The Balaban J connectivity index is -0.000000315. The zero-order valence-electron chi connectivity index (χ0n) is 12.1. The summed E-state index contributed by atoms with van der Waals surface area (Å²) in [5, 5.41) is 0. The molecule has 0 atom stereocenters. The van der Waals surface area contributed by atoms with E-state index in [9.17, 15) is 9.59 Å². The summed E-state index contributed by atoms with van der Waals surface area (Å²) in [6, 6.07) is 0. The van der Waals surface area contributed by atoms with Crippen molar-refractivity contribution in [2.75, 3.05) is 54.6 Å². The fourth-order valence-electron chi connectivity index (χ4n) is 0.989. The lowest BCUT2D eigenvalue weighted by atomic mass is 10.3. The van der Waals surface area contributed by atoms with Gasteiger partial charge in [-0.15, -0.1) is 0 Å². The maximum atomic E-state index is 10.1. The monoisotopic (exact) mass is 264 g/mol. The molecule has 0 spiro atoms. The Morgan fingerprint density at radius 1 is 0.889 bits per heavy atom. The van der Waals surface area contributed by atoms with Gasteiger partial charge in [-0.3, -0.25) is 0 Å². The number of nitrogens with two attached hydrogens (primary N) is 1. The fourth-order valence-corrected chi connectivity index (χ4v) is 0.989. The first-order valence-electron chi connectivity index (χ1n) is 5.78. The van der Waals surface area contributed by atoms with Gasteiger partial charge in [0.2, 0.25) is 0 Å². The molecule has 0 saturated carbocycles. The summed E-state index contributed by atoms with van der Waals surface area (Å²) in [6.45, 7) is 2.72. The average Bonchev–Trinajstić information content (AvgIpc) is 2.35. The molecule has 18 heavy (non-hydrogen) atoms. The van der Waals surface area contributed by atoms with Crippen LogP contribution in [0.15, 0.2) is 0 Å². The molecular formula is C12H28N2O4. The minimum Gasteiger partial charge on any atom is -0.388 e. The van der Waals surface area contributed by atoms with E-state index in [-0.39, 0.29) is 0 Å². The highest BCUT2D eigenvalue weighted by molar-refractivity contribution is 5.50. The van der Waals surface area contributed by atoms with Gasteiger partial charge in [-0.1, -0.05) is 0 Å². The van der Waals surface area contributed by atoms with Gasteiger partial charge in [0.15, 0.2) is 0 Å². The molecule has 0 aromatic carbocycles. The molecule has 0 aliphatic rings. The van der Waals surface area contributed by atoms with Crippen molar-refractivity contribution in [3.05, 3.63) is 0 Å². The van der Waals surface area contributed by atoms with Gasteiger partial charge in [0.25, 0.3) is 0 Å². The Morgan fingerprint density at radius 3 is 1.44 bits per heavy atom. The average molecular weight is 264 g/mol. The molecular weight excluding hydrogens is 236 g/mol. The Hall–Kier alpha value is -0.820. The molecule has 0 saturated heterocycles. The van der Waals surface area contributed by atoms with Crippen LogP contribution >= 0.6 is 0 Å². The summed E-state index contributed by atoms with van der Waals surface area (Å²) in [4.78, 5) is 22.1. The SMILES string of the molecule is COC.COC.NCCN(CCC=O)CCC=O. The highest BCUT2D eigenvalue weighted by atomic mass is 16.5. The van der Waals surface area contributed by atoms with Crippen molar-refractivity contribution in [3.8, 4) is 0 Å². The van der Waals surface area contributed by atoms with Crippen LogP contribution in [0.1, 0.15) is 12.8 Å². The van der Waals surface area contributed by atoms with E-state index >= 15 is 0 Å². The van der Waals surface area contributed by atoms with Crippen molar-refractivity contribution < 1.29 is 19.1 Å². The van der Waals surface area contributed by atoms with E-state index in [1.807, 2.05) is 4.90 Å². The molecule has 110 valence electrons. The molecule has 0 unspecified atom stereocenters. The number of methoxy groups -OCH3 is 2. The number of hydrogen-bond acceptors (Lipinski definition) is 6. The van der Waals surface area contributed by atoms with Crippen LogP contribution in [-0.2, 0) is 19.1 Å². The zero-order valence-corrected chi connectivity index (χ0v) is 12.1. The number of carbonyl (C=O) groups excluding carboxylic acids is 2. The van der Waals surface area contributed by atoms with Gasteiger partial charge < -0.3 is 29.7 Å². The molecule has 0 aromatic heterocycles. The van der Waals surface area contributed by atoms with E-state index in [4.69, 9.17) is 5.73 Å². The summed E-state index contributed by atoms with van der Waals surface area (Å²) in [7, 11) is 6.50. The molecule has 0 aromatic rings. The van der Waals surface area contributed by atoms with Gasteiger partial charge in [-0.25, -0.2) is 0 Å². The van der Waals surface area contributed by atoms with Gasteiger partial charge >= 0.3 is 0 Å². The van der Waals surface area contributed by atoms with Crippen LogP contribution in [0.25, 0.3) is 0 Å². The predicted molar refractivity (Wildman–Crippen MR) is 72.7 cm³/mol. The molecule has 6 heteroatoms. The van der Waals surface area contributed by atoms with Crippen LogP contribution in [0.4, 0.5) is 0 Å². The minimum atomic E-state index is 0.513. The quantitative estimate of drug-likeness (QED) is 0.619. The minimum absolute atomic E-state index is 0.513. The first kappa shape index (κ1) is 22.4. The molecule has 0 radical (unpaired) electrons. The zero-order chi connectivity index (χ0) is 14.6. The van der Waals surface area contributed by atoms with Crippen molar-refractivity contribution in [3.63, 3.8) is 0 Å². The molecule has 0 fully saturated rings. The number of nitrogens with zero attached hydrogens (tertiary/aromatic N) is 1. The Kier molecular flexibility index (Phi) is 31.2. The van der Waals surface area contributed by atoms with Crippen LogP contribution in [0.3, 0.4) is 0 Å². The van der Waals surface area contributed by atoms with Gasteiger partial charge in [0.1, 0.15) is 12.6 Å². The summed E-state index contributed by atoms with van der Waals surface area (Å²) < 4.78 is 8.50. The first-order valence-corrected chi connectivity index (χ1v) is 5.78. The lowest BCUT2D eigenvalue weighted by Gasteiger charge is -2.18. The second-order valence-corrected chi connectivity index (χ2v) is 3.36. The van der Waals surface area contributed by atoms with Crippen molar-refractivity contribution >= 4 is 12.6 Å². The van der Waals surface area contributed by atoms with Gasteiger partial charge in [0.05, 0.1) is 0 Å². The van der Waals surface area contributed by atoms with Crippen LogP contribution in [0.5, 0.6) is 0 Å². The predicted octanol–water partition coefficient (Wildman–Crippen LogP) is -0.0497. The molecule has 0 aliphatic carbocycles. The lowest BCUT2D eigenvalue weighted by Crippen LogP contribution is -2.31. The maximum Gasteiger partial charge on any atom is 0.121 e. The first-order chi connectivity index (χ1) is 8.67. The third kappa shape index (κ3) is 29.5.